The van der Waals surface area contributed by atoms with Gasteiger partial charge in [-0.15, -0.1) is 11.8 Å². The number of hydrogen-bond donors (Lipinski definition) is 2. The molecule has 0 unspecified atom stereocenters. The zero-order valence-corrected chi connectivity index (χ0v) is 13.3. The molecule has 0 saturated heterocycles. The molecule has 2 N–H and O–H groups in total. The number of hydrazone groups is 1. The fourth-order valence-electron chi connectivity index (χ4n) is 1.71. The highest BCUT2D eigenvalue weighted by Crippen LogP contribution is 2.07. The molecule has 0 aliphatic heterocycles. The van der Waals surface area contributed by atoms with E-state index in [1.807, 2.05) is 60.7 Å². The standard InChI is InChI=1S/C17H17N3O2S/c21-16(19-15-9-5-2-6-10-15)12-23-13-17(22)20-18-11-14-7-3-1-4-8-14/h1-11H,12-13H2,(H,19,21)(H,20,22). The van der Waals surface area contributed by atoms with Crippen LogP contribution in [0.4, 0.5) is 5.69 Å². The van der Waals surface area contributed by atoms with Crippen molar-refractivity contribution in [3.05, 3.63) is 66.2 Å². The summed E-state index contributed by atoms with van der Waals surface area (Å²) in [7, 11) is 0. The van der Waals surface area contributed by atoms with Crippen molar-refractivity contribution in [2.45, 2.75) is 0 Å². The first-order valence-electron chi connectivity index (χ1n) is 7.03. The molecule has 0 aliphatic rings. The first kappa shape index (κ1) is 16.8. The number of anilines is 1. The molecule has 0 heterocycles. The van der Waals surface area contributed by atoms with Gasteiger partial charge in [-0.25, -0.2) is 5.43 Å². The topological polar surface area (TPSA) is 70.6 Å². The van der Waals surface area contributed by atoms with Gasteiger partial charge in [-0.3, -0.25) is 9.59 Å². The molecular formula is C17H17N3O2S. The highest BCUT2D eigenvalue weighted by Gasteiger charge is 2.05. The number of hydrogen-bond acceptors (Lipinski definition) is 4. The lowest BCUT2D eigenvalue weighted by Gasteiger charge is -2.04. The SMILES string of the molecule is O=C(CSCC(=O)Nc1ccccc1)NN=Cc1ccccc1. The summed E-state index contributed by atoms with van der Waals surface area (Å²) >= 11 is 1.24. The normalized spacial score (nSPS) is 10.4. The molecule has 0 fully saturated rings. The van der Waals surface area contributed by atoms with Gasteiger partial charge in [0.2, 0.25) is 11.8 Å². The summed E-state index contributed by atoms with van der Waals surface area (Å²) in [6.07, 6.45) is 1.57. The summed E-state index contributed by atoms with van der Waals surface area (Å²) in [5.74, 6) is 0.00969. The van der Waals surface area contributed by atoms with Gasteiger partial charge in [0.05, 0.1) is 17.7 Å². The zero-order chi connectivity index (χ0) is 16.3. The van der Waals surface area contributed by atoms with Crippen LogP contribution >= 0.6 is 11.8 Å². The van der Waals surface area contributed by atoms with Crippen LogP contribution in [0, 0.1) is 0 Å². The Morgan fingerprint density at radius 2 is 1.52 bits per heavy atom. The summed E-state index contributed by atoms with van der Waals surface area (Å²) in [4.78, 5) is 23.3. The third kappa shape index (κ3) is 6.80. The summed E-state index contributed by atoms with van der Waals surface area (Å²) in [5, 5.41) is 6.63. The van der Waals surface area contributed by atoms with E-state index in [2.05, 4.69) is 15.8 Å². The van der Waals surface area contributed by atoms with Crippen molar-refractivity contribution in [3.8, 4) is 0 Å². The van der Waals surface area contributed by atoms with Crippen LogP contribution in [0.1, 0.15) is 5.56 Å². The molecule has 2 aromatic rings. The van der Waals surface area contributed by atoms with E-state index in [0.29, 0.717) is 0 Å². The molecule has 23 heavy (non-hydrogen) atoms. The predicted octanol–water partition coefficient (Wildman–Crippen LogP) is 2.51. The van der Waals surface area contributed by atoms with Crippen molar-refractivity contribution in [2.75, 3.05) is 16.8 Å². The van der Waals surface area contributed by atoms with Gasteiger partial charge < -0.3 is 5.32 Å². The van der Waals surface area contributed by atoms with Crippen molar-refractivity contribution in [1.29, 1.82) is 0 Å². The maximum absolute atomic E-state index is 11.7. The van der Waals surface area contributed by atoms with Gasteiger partial charge in [0.1, 0.15) is 0 Å². The number of carbonyl (C=O) groups is 2. The summed E-state index contributed by atoms with van der Waals surface area (Å²) in [5.41, 5.74) is 4.08. The average Bonchev–Trinajstić information content (AvgIpc) is 2.57. The molecule has 0 spiro atoms. The Labute approximate surface area is 139 Å². The zero-order valence-electron chi connectivity index (χ0n) is 12.4. The van der Waals surface area contributed by atoms with Gasteiger partial charge in [-0.2, -0.15) is 5.10 Å². The van der Waals surface area contributed by atoms with Crippen LogP contribution in [0.2, 0.25) is 0 Å². The second-order valence-corrected chi connectivity index (χ2v) is 5.60. The lowest BCUT2D eigenvalue weighted by atomic mass is 10.2. The molecule has 0 radical (unpaired) electrons. The van der Waals surface area contributed by atoms with E-state index in [4.69, 9.17) is 0 Å². The molecule has 2 rings (SSSR count). The molecule has 0 atom stereocenters. The Hall–Kier alpha value is -2.60. The Kier molecular flexibility index (Phi) is 6.87. The van der Waals surface area contributed by atoms with Crippen molar-refractivity contribution in [2.24, 2.45) is 5.10 Å². The van der Waals surface area contributed by atoms with Gasteiger partial charge in [0.25, 0.3) is 0 Å². The van der Waals surface area contributed by atoms with E-state index in [9.17, 15) is 9.59 Å². The summed E-state index contributed by atoms with van der Waals surface area (Å²) in [6.45, 7) is 0. The Morgan fingerprint density at radius 1 is 0.913 bits per heavy atom. The number of carbonyl (C=O) groups excluding carboxylic acids is 2. The molecule has 0 aromatic heterocycles. The van der Waals surface area contributed by atoms with Crippen molar-refractivity contribution in [3.63, 3.8) is 0 Å². The molecule has 0 bridgehead atoms. The number of thioether (sulfide) groups is 1. The molecule has 2 amide bonds. The number of nitrogens with one attached hydrogen (secondary N) is 2. The van der Waals surface area contributed by atoms with Crippen LogP contribution < -0.4 is 10.7 Å². The van der Waals surface area contributed by atoms with E-state index < -0.39 is 0 Å². The van der Waals surface area contributed by atoms with E-state index in [1.165, 1.54) is 11.8 Å². The van der Waals surface area contributed by atoms with Crippen LogP contribution in [-0.2, 0) is 9.59 Å². The third-order valence-corrected chi connectivity index (χ3v) is 3.66. The molecule has 2 aromatic carbocycles. The highest BCUT2D eigenvalue weighted by molar-refractivity contribution is 8.00. The van der Waals surface area contributed by atoms with Crippen LogP contribution in [0.5, 0.6) is 0 Å². The fourth-order valence-corrected chi connectivity index (χ4v) is 2.31. The van der Waals surface area contributed by atoms with Crippen LogP contribution in [0.3, 0.4) is 0 Å². The first-order chi connectivity index (χ1) is 11.2. The summed E-state index contributed by atoms with van der Waals surface area (Å²) in [6, 6.07) is 18.7. The lowest BCUT2D eigenvalue weighted by Crippen LogP contribution is -2.21. The second kappa shape index (κ2) is 9.42. The first-order valence-corrected chi connectivity index (χ1v) is 8.19. The van der Waals surface area contributed by atoms with Gasteiger partial charge in [0.15, 0.2) is 0 Å². The minimum absolute atomic E-state index is 0.137. The number of nitrogens with zero attached hydrogens (tertiary/aromatic N) is 1. The minimum Gasteiger partial charge on any atom is -0.325 e. The maximum Gasteiger partial charge on any atom is 0.250 e. The quantitative estimate of drug-likeness (QED) is 0.606. The number of amides is 2. The lowest BCUT2D eigenvalue weighted by molar-refractivity contribution is -0.118. The number of para-hydroxylation sites is 1. The van der Waals surface area contributed by atoms with Crippen LogP contribution in [0.25, 0.3) is 0 Å². The molecule has 0 saturated carbocycles. The number of benzene rings is 2. The molecule has 118 valence electrons. The van der Waals surface area contributed by atoms with Gasteiger partial charge in [0, 0.05) is 5.69 Å². The molecular weight excluding hydrogens is 310 g/mol. The Bertz CT molecular complexity index is 660. The smallest absolute Gasteiger partial charge is 0.250 e. The van der Waals surface area contributed by atoms with Crippen LogP contribution in [0.15, 0.2) is 65.8 Å². The Morgan fingerprint density at radius 3 is 2.22 bits per heavy atom. The maximum atomic E-state index is 11.7. The fraction of sp³-hybridized carbons (Fsp3) is 0.118. The van der Waals surface area contributed by atoms with E-state index >= 15 is 0 Å². The van der Waals surface area contributed by atoms with Crippen molar-refractivity contribution >= 4 is 35.5 Å². The average molecular weight is 327 g/mol. The monoisotopic (exact) mass is 327 g/mol. The van der Waals surface area contributed by atoms with E-state index in [1.54, 1.807) is 6.21 Å². The summed E-state index contributed by atoms with van der Waals surface area (Å²) < 4.78 is 0. The molecule has 6 heteroatoms. The predicted molar refractivity (Wildman–Crippen MR) is 94.6 cm³/mol. The van der Waals surface area contributed by atoms with E-state index in [0.717, 1.165) is 11.3 Å². The Balaban J connectivity index is 1.63. The second-order valence-electron chi connectivity index (χ2n) is 4.61. The van der Waals surface area contributed by atoms with Crippen molar-refractivity contribution < 1.29 is 9.59 Å². The third-order valence-electron chi connectivity index (χ3n) is 2.73. The van der Waals surface area contributed by atoms with E-state index in [-0.39, 0.29) is 23.3 Å². The molecule has 0 aliphatic carbocycles. The van der Waals surface area contributed by atoms with Gasteiger partial charge in [-0.1, -0.05) is 48.5 Å². The van der Waals surface area contributed by atoms with Crippen LogP contribution in [-0.4, -0.2) is 29.5 Å². The number of rotatable bonds is 7. The van der Waals surface area contributed by atoms with Gasteiger partial charge >= 0.3 is 0 Å². The van der Waals surface area contributed by atoms with Crippen molar-refractivity contribution in [1.82, 2.24) is 5.43 Å². The minimum atomic E-state index is -0.241. The molecule has 5 nitrogen and oxygen atoms in total. The van der Waals surface area contributed by atoms with Gasteiger partial charge in [-0.05, 0) is 17.7 Å². The largest absolute Gasteiger partial charge is 0.325 e. The highest BCUT2D eigenvalue weighted by atomic mass is 32.2.